The first-order chi connectivity index (χ1) is 14.3. The zero-order valence-electron chi connectivity index (χ0n) is 15.9. The lowest BCUT2D eigenvalue weighted by Crippen LogP contribution is -2.49. The lowest BCUT2D eigenvalue weighted by molar-refractivity contribution is -0.130. The van der Waals surface area contributed by atoms with Crippen LogP contribution in [0.25, 0.3) is 0 Å². The monoisotopic (exact) mass is 432 g/mol. The Hall–Kier alpha value is -3.40. The number of rotatable bonds is 6. The number of para-hydroxylation sites is 1. The van der Waals surface area contributed by atoms with E-state index < -0.39 is 35.4 Å². The van der Waals surface area contributed by atoms with Crippen LogP contribution < -0.4 is 10.7 Å². The molecular formula is C20H18F2N4O3S. The van der Waals surface area contributed by atoms with Gasteiger partial charge in [0.25, 0.3) is 11.8 Å². The average molecular weight is 432 g/mol. The predicted molar refractivity (Wildman–Crippen MR) is 109 cm³/mol. The fourth-order valence-electron chi connectivity index (χ4n) is 2.99. The van der Waals surface area contributed by atoms with Gasteiger partial charge in [-0.25, -0.2) is 13.8 Å². The van der Waals surface area contributed by atoms with Gasteiger partial charge in [-0.15, -0.1) is 0 Å². The van der Waals surface area contributed by atoms with Gasteiger partial charge in [-0.3, -0.25) is 24.7 Å². The maximum atomic E-state index is 13.8. The molecule has 2 N–H and O–H groups in total. The smallest absolute Gasteiger partial charge is 0.269 e. The third-order valence-electron chi connectivity index (χ3n) is 4.45. The number of anilines is 1. The summed E-state index contributed by atoms with van der Waals surface area (Å²) in [7, 11) is 0. The Balaban J connectivity index is 1.78. The molecule has 0 radical (unpaired) electrons. The minimum atomic E-state index is -1.12. The normalized spacial score (nSPS) is 16.0. The van der Waals surface area contributed by atoms with Gasteiger partial charge in [0.1, 0.15) is 17.7 Å². The summed E-state index contributed by atoms with van der Waals surface area (Å²) in [6.07, 6.45) is -0.382. The van der Waals surface area contributed by atoms with Crippen LogP contribution in [0.2, 0.25) is 0 Å². The molecule has 0 spiro atoms. The first kappa shape index (κ1) is 21.3. The Kier molecular flexibility index (Phi) is 6.36. The minimum Gasteiger partial charge on any atom is -0.324 e. The van der Waals surface area contributed by atoms with Gasteiger partial charge in [0.15, 0.2) is 5.11 Å². The van der Waals surface area contributed by atoms with Gasteiger partial charge >= 0.3 is 0 Å². The molecule has 0 bridgehead atoms. The first-order valence-electron chi connectivity index (χ1n) is 9.07. The number of nitrogens with one attached hydrogen (secondary N) is 2. The van der Waals surface area contributed by atoms with Crippen LogP contribution in [0.4, 0.5) is 14.5 Å². The molecule has 2 aromatic rings. The molecule has 1 aliphatic rings. The summed E-state index contributed by atoms with van der Waals surface area (Å²) in [5, 5.41) is 3.52. The second kappa shape index (κ2) is 8.95. The van der Waals surface area contributed by atoms with Crippen LogP contribution in [-0.2, 0) is 9.59 Å². The number of nitrogens with zero attached hydrogens (tertiary/aromatic N) is 2. The fraction of sp³-hybridized carbons (Fsp3) is 0.200. The molecule has 0 aromatic heterocycles. The van der Waals surface area contributed by atoms with Crippen molar-refractivity contribution in [2.75, 3.05) is 11.9 Å². The number of hydrogen-bond acceptors (Lipinski definition) is 4. The van der Waals surface area contributed by atoms with Gasteiger partial charge in [0, 0.05) is 12.1 Å². The van der Waals surface area contributed by atoms with E-state index in [4.69, 9.17) is 12.2 Å². The summed E-state index contributed by atoms with van der Waals surface area (Å²) in [5.74, 6) is -3.03. The minimum absolute atomic E-state index is 0.0101. The van der Waals surface area contributed by atoms with E-state index in [1.165, 1.54) is 41.3 Å². The Morgan fingerprint density at radius 3 is 2.53 bits per heavy atom. The summed E-state index contributed by atoms with van der Waals surface area (Å²) in [5.41, 5.74) is 2.46. The summed E-state index contributed by atoms with van der Waals surface area (Å²) in [6.45, 7) is 1.92. The van der Waals surface area contributed by atoms with E-state index in [-0.39, 0.29) is 29.3 Å². The molecule has 156 valence electrons. The van der Waals surface area contributed by atoms with E-state index in [0.29, 0.717) is 0 Å². The first-order valence-corrected chi connectivity index (χ1v) is 9.48. The molecule has 3 amide bonds. The lowest BCUT2D eigenvalue weighted by atomic mass is 10.1. The topological polar surface area (TPSA) is 81.8 Å². The molecule has 1 fully saturated rings. The molecule has 1 saturated heterocycles. The molecule has 0 aliphatic carbocycles. The average Bonchev–Trinajstić information content (AvgIpc) is 2.93. The molecule has 10 heteroatoms. The quantitative estimate of drug-likeness (QED) is 0.686. The van der Waals surface area contributed by atoms with Crippen LogP contribution in [0.15, 0.2) is 48.5 Å². The van der Waals surface area contributed by atoms with Gasteiger partial charge < -0.3 is 5.32 Å². The van der Waals surface area contributed by atoms with Crippen molar-refractivity contribution < 1.29 is 23.2 Å². The van der Waals surface area contributed by atoms with Crippen molar-refractivity contribution in [1.82, 2.24) is 15.3 Å². The van der Waals surface area contributed by atoms with E-state index in [9.17, 15) is 23.2 Å². The number of amides is 3. The highest BCUT2D eigenvalue weighted by Gasteiger charge is 2.44. The Morgan fingerprint density at radius 1 is 1.13 bits per heavy atom. The second-order valence-corrected chi connectivity index (χ2v) is 6.80. The molecule has 7 nitrogen and oxygen atoms in total. The van der Waals surface area contributed by atoms with Crippen LogP contribution in [-0.4, -0.2) is 45.3 Å². The molecule has 1 heterocycles. The number of hydrogen-bond donors (Lipinski definition) is 2. The third kappa shape index (κ3) is 4.43. The molecule has 3 rings (SSSR count). The molecule has 1 aliphatic heterocycles. The van der Waals surface area contributed by atoms with Gasteiger partial charge in [-0.2, -0.15) is 0 Å². The Morgan fingerprint density at radius 2 is 1.87 bits per heavy atom. The third-order valence-corrected chi connectivity index (χ3v) is 4.87. The highest BCUT2D eigenvalue weighted by molar-refractivity contribution is 7.80. The number of carbonyl (C=O) groups excluding carboxylic acids is 3. The van der Waals surface area contributed by atoms with Crippen molar-refractivity contribution in [3.8, 4) is 0 Å². The van der Waals surface area contributed by atoms with Gasteiger partial charge in [-0.05, 0) is 49.5 Å². The molecule has 30 heavy (non-hydrogen) atoms. The number of benzene rings is 2. The van der Waals surface area contributed by atoms with Crippen molar-refractivity contribution in [2.45, 2.75) is 19.4 Å². The summed E-state index contributed by atoms with van der Waals surface area (Å²) in [4.78, 5) is 38.9. The van der Waals surface area contributed by atoms with Crippen LogP contribution in [0, 0.1) is 11.6 Å². The van der Waals surface area contributed by atoms with Gasteiger partial charge in [-0.1, -0.05) is 18.2 Å². The highest BCUT2D eigenvalue weighted by atomic mass is 32.1. The van der Waals surface area contributed by atoms with Gasteiger partial charge in [0.05, 0.1) is 12.1 Å². The van der Waals surface area contributed by atoms with E-state index >= 15 is 0 Å². The molecule has 1 unspecified atom stereocenters. The van der Waals surface area contributed by atoms with Crippen LogP contribution in [0.1, 0.15) is 23.7 Å². The SMILES string of the molecule is CCN1C(=O)C(CC(=O)Nc2ccccc2F)N(NC(=O)c2cccc(F)c2)C1=S. The van der Waals surface area contributed by atoms with Crippen molar-refractivity contribution in [1.29, 1.82) is 0 Å². The number of likely N-dealkylation sites (N-methyl/N-ethyl adjacent to an activating group) is 1. The number of thiocarbonyl (C=S) groups is 1. The van der Waals surface area contributed by atoms with Crippen molar-refractivity contribution in [3.05, 3.63) is 65.7 Å². The second-order valence-electron chi connectivity index (χ2n) is 6.43. The molecule has 1 atom stereocenters. The molecule has 0 saturated carbocycles. The predicted octanol–water partition coefficient (Wildman–Crippen LogP) is 2.46. The largest absolute Gasteiger partial charge is 0.324 e. The zero-order valence-corrected chi connectivity index (χ0v) is 16.7. The van der Waals surface area contributed by atoms with Gasteiger partial charge in [0.2, 0.25) is 5.91 Å². The number of halogens is 2. The Labute approximate surface area is 176 Å². The van der Waals surface area contributed by atoms with Crippen molar-refractivity contribution in [2.24, 2.45) is 0 Å². The number of hydrazine groups is 1. The van der Waals surface area contributed by atoms with E-state index in [2.05, 4.69) is 10.7 Å². The zero-order chi connectivity index (χ0) is 21.8. The van der Waals surface area contributed by atoms with E-state index in [1.807, 2.05) is 0 Å². The molecular weight excluding hydrogens is 414 g/mol. The summed E-state index contributed by atoms with van der Waals surface area (Å²) in [6, 6.07) is 9.48. The summed E-state index contributed by atoms with van der Waals surface area (Å²) >= 11 is 5.26. The van der Waals surface area contributed by atoms with Crippen molar-refractivity contribution in [3.63, 3.8) is 0 Å². The maximum absolute atomic E-state index is 13.8. The standard InChI is InChI=1S/C20H18F2N4O3S/c1-2-25-19(29)16(11-17(27)23-15-9-4-3-8-14(15)22)26(20(25)30)24-18(28)12-6-5-7-13(21)10-12/h3-10,16H,2,11H2,1H3,(H,23,27)(H,24,28). The maximum Gasteiger partial charge on any atom is 0.269 e. The molecule has 2 aromatic carbocycles. The Bertz CT molecular complexity index is 1020. The van der Waals surface area contributed by atoms with Crippen LogP contribution >= 0.6 is 12.2 Å². The van der Waals surface area contributed by atoms with Crippen LogP contribution in [0.3, 0.4) is 0 Å². The van der Waals surface area contributed by atoms with E-state index in [0.717, 1.165) is 11.1 Å². The number of carbonyl (C=O) groups is 3. The van der Waals surface area contributed by atoms with Crippen molar-refractivity contribution >= 4 is 40.7 Å². The lowest BCUT2D eigenvalue weighted by Gasteiger charge is -2.24. The highest BCUT2D eigenvalue weighted by Crippen LogP contribution is 2.21. The summed E-state index contributed by atoms with van der Waals surface area (Å²) < 4.78 is 27.2. The fourth-order valence-corrected chi connectivity index (χ4v) is 3.38. The van der Waals surface area contributed by atoms with Crippen LogP contribution in [0.5, 0.6) is 0 Å². The van der Waals surface area contributed by atoms with E-state index in [1.54, 1.807) is 13.0 Å².